The van der Waals surface area contributed by atoms with E-state index in [1.165, 1.54) is 17.0 Å². The lowest BCUT2D eigenvalue weighted by Crippen LogP contribution is -2.38. The van der Waals surface area contributed by atoms with Crippen LogP contribution < -0.4 is 9.80 Å². The van der Waals surface area contributed by atoms with Gasteiger partial charge in [-0.15, -0.1) is 0 Å². The van der Waals surface area contributed by atoms with Gasteiger partial charge in [-0.25, -0.2) is 8.78 Å². The number of carbonyl (C=O) groups excluding carboxylic acids is 2. The highest BCUT2D eigenvalue weighted by molar-refractivity contribution is 7.99. The van der Waals surface area contributed by atoms with Gasteiger partial charge in [-0.2, -0.15) is 11.8 Å². The van der Waals surface area contributed by atoms with E-state index in [9.17, 15) is 14.7 Å². The number of hydrogen-bond donors (Lipinski definition) is 1. The summed E-state index contributed by atoms with van der Waals surface area (Å²) in [6, 6.07) is 9.01. The average Bonchev–Trinajstić information content (AvgIpc) is 3.44. The van der Waals surface area contributed by atoms with Crippen molar-refractivity contribution in [3.63, 3.8) is 0 Å². The maximum atomic E-state index is 15.2. The molecule has 2 amide bonds. The molecule has 190 valence electrons. The van der Waals surface area contributed by atoms with Gasteiger partial charge in [-0.3, -0.25) is 14.5 Å². The Hall–Kier alpha value is -2.69. The largest absolute Gasteiger partial charge is 0.366 e. The highest BCUT2D eigenvalue weighted by Crippen LogP contribution is 2.39. The summed E-state index contributed by atoms with van der Waals surface area (Å²) in [6.07, 6.45) is -0.0278. The van der Waals surface area contributed by atoms with Gasteiger partial charge < -0.3 is 19.6 Å². The summed E-state index contributed by atoms with van der Waals surface area (Å²) in [5.41, 5.74) is 0.787. The Kier molecular flexibility index (Phi) is 6.13. The zero-order valence-electron chi connectivity index (χ0n) is 19.6. The van der Waals surface area contributed by atoms with Crippen LogP contribution in [0.1, 0.15) is 33.6 Å². The van der Waals surface area contributed by atoms with Crippen molar-refractivity contribution < 1.29 is 28.2 Å². The molecule has 10 heteroatoms. The number of carbonyl (C=O) groups is 2. The Balaban J connectivity index is 1.16. The zero-order valence-corrected chi connectivity index (χ0v) is 20.4. The third-order valence-corrected chi connectivity index (χ3v) is 8.79. The molecule has 7 nitrogen and oxygen atoms in total. The van der Waals surface area contributed by atoms with Gasteiger partial charge in [0.05, 0.1) is 30.3 Å². The summed E-state index contributed by atoms with van der Waals surface area (Å²) in [5.74, 6) is 0.897. The van der Waals surface area contributed by atoms with E-state index < -0.39 is 36.0 Å². The van der Waals surface area contributed by atoms with Gasteiger partial charge in [0, 0.05) is 18.8 Å². The van der Waals surface area contributed by atoms with E-state index in [0.29, 0.717) is 36.1 Å². The predicted octanol–water partition coefficient (Wildman–Crippen LogP) is 3.32. The van der Waals surface area contributed by atoms with Crippen molar-refractivity contribution in [1.82, 2.24) is 4.90 Å². The SMILES string of the molecule is O=C1c2ccccc2C(=O)N1C[C@H]1CN(c2cc(F)c(N3CC4CCSCCC4C3)c(F)c2)C(O)O1. The first kappa shape index (κ1) is 23.7. The topological polar surface area (TPSA) is 73.3 Å². The van der Waals surface area contributed by atoms with E-state index in [-0.39, 0.29) is 24.5 Å². The Labute approximate surface area is 212 Å². The molecule has 1 N–H and O–H groups in total. The molecule has 0 aromatic heterocycles. The molecule has 0 radical (unpaired) electrons. The molecule has 0 saturated carbocycles. The van der Waals surface area contributed by atoms with Crippen molar-refractivity contribution in [2.75, 3.05) is 47.5 Å². The number of aliphatic hydroxyl groups is 1. The van der Waals surface area contributed by atoms with Crippen LogP contribution in [0.5, 0.6) is 0 Å². The van der Waals surface area contributed by atoms with Gasteiger partial charge in [0.25, 0.3) is 11.8 Å². The van der Waals surface area contributed by atoms with Crippen LogP contribution in [-0.4, -0.2) is 72.0 Å². The molecule has 3 saturated heterocycles. The number of rotatable bonds is 4. The maximum absolute atomic E-state index is 15.2. The second kappa shape index (κ2) is 9.32. The normalized spacial score (nSPS) is 28.0. The highest BCUT2D eigenvalue weighted by Gasteiger charge is 2.41. The number of amides is 2. The van der Waals surface area contributed by atoms with Gasteiger partial charge in [-0.1, -0.05) is 12.1 Å². The lowest BCUT2D eigenvalue weighted by Gasteiger charge is -2.24. The van der Waals surface area contributed by atoms with E-state index >= 15 is 8.78 Å². The van der Waals surface area contributed by atoms with Crippen LogP contribution in [0.3, 0.4) is 0 Å². The van der Waals surface area contributed by atoms with E-state index in [1.54, 1.807) is 24.3 Å². The first-order chi connectivity index (χ1) is 17.4. The van der Waals surface area contributed by atoms with E-state index in [0.717, 1.165) is 29.2 Å². The summed E-state index contributed by atoms with van der Waals surface area (Å²) in [4.78, 5) is 29.6. The van der Waals surface area contributed by atoms with E-state index in [2.05, 4.69) is 0 Å². The van der Waals surface area contributed by atoms with Crippen LogP contribution in [0.2, 0.25) is 0 Å². The fraction of sp³-hybridized carbons (Fsp3) is 0.462. The van der Waals surface area contributed by atoms with Gasteiger partial charge in [-0.05, 0) is 60.4 Å². The molecule has 4 heterocycles. The number of benzene rings is 2. The molecule has 4 atom stereocenters. The second-order valence-electron chi connectivity index (χ2n) is 9.88. The fourth-order valence-corrected chi connectivity index (χ4v) is 7.05. The Morgan fingerprint density at radius 3 is 2.11 bits per heavy atom. The molecule has 3 unspecified atom stereocenters. The maximum Gasteiger partial charge on any atom is 0.261 e. The predicted molar refractivity (Wildman–Crippen MR) is 132 cm³/mol. The fourth-order valence-electron chi connectivity index (χ4n) is 5.91. The van der Waals surface area contributed by atoms with Crippen molar-refractivity contribution in [2.24, 2.45) is 11.8 Å². The number of hydrogen-bond acceptors (Lipinski definition) is 7. The number of imide groups is 1. The number of nitrogens with zero attached hydrogens (tertiary/aromatic N) is 3. The van der Waals surface area contributed by atoms with Gasteiger partial charge >= 0.3 is 0 Å². The number of fused-ring (bicyclic) bond motifs is 2. The lowest BCUT2D eigenvalue weighted by molar-refractivity contribution is -0.0911. The van der Waals surface area contributed by atoms with Crippen LogP contribution in [0, 0.1) is 23.5 Å². The van der Waals surface area contributed by atoms with Crippen molar-refractivity contribution in [3.8, 4) is 0 Å². The van der Waals surface area contributed by atoms with Crippen LogP contribution in [0.15, 0.2) is 36.4 Å². The molecule has 0 bridgehead atoms. The van der Waals surface area contributed by atoms with Crippen molar-refractivity contribution in [2.45, 2.75) is 25.4 Å². The van der Waals surface area contributed by atoms with E-state index in [1.807, 2.05) is 16.7 Å². The zero-order chi connectivity index (χ0) is 25.0. The first-order valence-electron chi connectivity index (χ1n) is 12.3. The molecule has 4 aliphatic rings. The minimum atomic E-state index is -1.45. The highest BCUT2D eigenvalue weighted by atomic mass is 32.2. The lowest BCUT2D eigenvalue weighted by atomic mass is 9.92. The third-order valence-electron chi connectivity index (χ3n) is 7.74. The minimum absolute atomic E-state index is 0.0170. The minimum Gasteiger partial charge on any atom is -0.366 e. The second-order valence-corrected chi connectivity index (χ2v) is 11.1. The molecule has 6 rings (SSSR count). The molecule has 0 aliphatic carbocycles. The molecular weight excluding hydrogens is 488 g/mol. The molecule has 2 aromatic carbocycles. The molecular formula is C26H27F2N3O4S. The summed E-state index contributed by atoms with van der Waals surface area (Å²) >= 11 is 1.95. The number of ether oxygens (including phenoxy) is 1. The standard InChI is InChI=1S/C26H27F2N3O4S/c27-21-9-17(10-22(28)23(21)29-11-15-5-7-36-8-6-16(15)12-29)30-13-18(35-26(30)34)14-31-24(32)19-3-1-2-4-20(19)25(31)33/h1-4,9-10,15-16,18,26,34H,5-8,11-14H2/t15?,16?,18-,26?/m1/s1. The molecule has 3 fully saturated rings. The number of aliphatic hydroxyl groups excluding tert-OH is 1. The Morgan fingerprint density at radius 2 is 1.53 bits per heavy atom. The first-order valence-corrected chi connectivity index (χ1v) is 13.4. The monoisotopic (exact) mass is 515 g/mol. The van der Waals surface area contributed by atoms with Gasteiger partial charge in [0.1, 0.15) is 5.69 Å². The van der Waals surface area contributed by atoms with Crippen LogP contribution in [0.4, 0.5) is 20.2 Å². The van der Waals surface area contributed by atoms with Crippen molar-refractivity contribution in [3.05, 3.63) is 59.2 Å². The molecule has 4 aliphatic heterocycles. The number of anilines is 2. The molecule has 36 heavy (non-hydrogen) atoms. The molecule has 0 spiro atoms. The summed E-state index contributed by atoms with van der Waals surface area (Å²) in [6.45, 7) is 1.29. The van der Waals surface area contributed by atoms with E-state index in [4.69, 9.17) is 4.74 Å². The van der Waals surface area contributed by atoms with Crippen LogP contribution >= 0.6 is 11.8 Å². The third kappa shape index (κ3) is 4.05. The van der Waals surface area contributed by atoms with Crippen molar-refractivity contribution in [1.29, 1.82) is 0 Å². The number of thioether (sulfide) groups is 1. The molecule has 2 aromatic rings. The van der Waals surface area contributed by atoms with Crippen molar-refractivity contribution >= 4 is 35.0 Å². The number of halogens is 2. The summed E-state index contributed by atoms with van der Waals surface area (Å²) in [5, 5.41) is 10.5. The summed E-state index contributed by atoms with van der Waals surface area (Å²) < 4.78 is 36.0. The Morgan fingerprint density at radius 1 is 0.944 bits per heavy atom. The summed E-state index contributed by atoms with van der Waals surface area (Å²) in [7, 11) is 0. The average molecular weight is 516 g/mol. The van der Waals surface area contributed by atoms with Crippen LogP contribution in [0.25, 0.3) is 0 Å². The quantitative estimate of drug-likeness (QED) is 0.627. The van der Waals surface area contributed by atoms with Crippen LogP contribution in [-0.2, 0) is 4.74 Å². The Bertz CT molecular complexity index is 1140. The smallest absolute Gasteiger partial charge is 0.261 e. The van der Waals surface area contributed by atoms with Gasteiger partial charge in [0.15, 0.2) is 11.6 Å². The van der Waals surface area contributed by atoms with Gasteiger partial charge in [0.2, 0.25) is 6.41 Å².